The lowest BCUT2D eigenvalue weighted by atomic mass is 10.1. The Morgan fingerprint density at radius 3 is 2.67 bits per heavy atom. The molecule has 0 atom stereocenters. The zero-order valence-corrected chi connectivity index (χ0v) is 11.5. The van der Waals surface area contributed by atoms with Crippen molar-refractivity contribution in [2.45, 2.75) is 26.2 Å². The third-order valence-corrected chi connectivity index (χ3v) is 2.70. The van der Waals surface area contributed by atoms with Gasteiger partial charge >= 0.3 is 0 Å². The highest BCUT2D eigenvalue weighted by Crippen LogP contribution is 2.07. The zero-order chi connectivity index (χ0) is 15.2. The first kappa shape index (κ1) is 11.9. The summed E-state index contributed by atoms with van der Waals surface area (Å²) in [5, 5.41) is 0. The molecule has 0 fully saturated rings. The van der Waals surface area contributed by atoms with Crippen molar-refractivity contribution in [3.8, 4) is 0 Å². The predicted molar refractivity (Wildman–Crippen MR) is 73.9 cm³/mol. The first-order valence-electron chi connectivity index (χ1n) is 6.82. The van der Waals surface area contributed by atoms with E-state index in [1.165, 1.54) is 12.5 Å². The van der Waals surface area contributed by atoms with Crippen LogP contribution in [-0.2, 0) is 20.7 Å². The van der Waals surface area contributed by atoms with Crippen LogP contribution in [0.1, 0.15) is 28.1 Å². The molecule has 18 heavy (non-hydrogen) atoms. The van der Waals surface area contributed by atoms with Gasteiger partial charge in [0, 0.05) is 0 Å². The van der Waals surface area contributed by atoms with Crippen molar-refractivity contribution in [2.75, 3.05) is 12.8 Å². The minimum atomic E-state index is -3.82. The van der Waals surface area contributed by atoms with Crippen molar-refractivity contribution in [1.82, 2.24) is 0 Å². The maximum absolute atomic E-state index is 11.0. The Morgan fingerprint density at radius 2 is 2.06 bits per heavy atom. The van der Waals surface area contributed by atoms with Gasteiger partial charge in [0.1, 0.15) is 0 Å². The number of aryl methyl sites for hydroxylation is 1. The van der Waals surface area contributed by atoms with Crippen molar-refractivity contribution in [3.63, 3.8) is 0 Å². The molecule has 0 aliphatic carbocycles. The monoisotopic (exact) mass is 270 g/mol. The minimum absolute atomic E-state index is 0.274. The molecule has 0 spiro atoms. The molecule has 0 unspecified atom stereocenters. The molecule has 0 bridgehead atoms. The first-order chi connectivity index (χ1) is 9.21. The van der Waals surface area contributed by atoms with E-state index in [9.17, 15) is 8.42 Å². The molecule has 1 aromatic carbocycles. The smallest absolute Gasteiger partial charge is 0.264 e. The van der Waals surface area contributed by atoms with Crippen LogP contribution in [0.2, 0.25) is 0 Å². The molecule has 4 heteroatoms. The minimum Gasteiger partial charge on any atom is -0.266 e. The van der Waals surface area contributed by atoms with E-state index in [1.54, 1.807) is 6.08 Å². The second kappa shape index (κ2) is 7.34. The van der Waals surface area contributed by atoms with E-state index in [0.717, 1.165) is 19.1 Å². The van der Waals surface area contributed by atoms with Gasteiger partial charge in [0.2, 0.25) is 0 Å². The highest BCUT2D eigenvalue weighted by molar-refractivity contribution is 7.85. The molecule has 0 aliphatic rings. The van der Waals surface area contributed by atoms with Crippen molar-refractivity contribution < 1.29 is 15.3 Å². The molecular formula is C14H20O3S. The quantitative estimate of drug-likeness (QED) is 0.434. The van der Waals surface area contributed by atoms with E-state index in [-0.39, 0.29) is 5.57 Å². The van der Waals surface area contributed by atoms with E-state index in [2.05, 4.69) is 4.18 Å². The van der Waals surface area contributed by atoms with Crippen molar-refractivity contribution in [3.05, 3.63) is 47.5 Å². The summed E-state index contributed by atoms with van der Waals surface area (Å²) in [6, 6.07) is 10.0. The fourth-order valence-corrected chi connectivity index (χ4v) is 1.74. The maximum Gasteiger partial charge on any atom is 0.264 e. The van der Waals surface area contributed by atoms with Gasteiger partial charge in [0.15, 0.2) is 0 Å². The average Bonchev–Trinajstić information content (AvgIpc) is 2.32. The average molecular weight is 270 g/mol. The molecule has 0 heterocycles. The lowest BCUT2D eigenvalue weighted by Crippen LogP contribution is -2.04. The van der Waals surface area contributed by atoms with Gasteiger partial charge in [-0.15, -0.1) is 0 Å². The summed E-state index contributed by atoms with van der Waals surface area (Å²) in [7, 11) is -3.82. The number of benzene rings is 1. The lowest BCUT2D eigenvalue weighted by molar-refractivity contribution is 0.352. The summed E-state index contributed by atoms with van der Waals surface area (Å²) in [5.41, 5.74) is 1.50. The molecular weight excluding hydrogens is 248 g/mol. The van der Waals surface area contributed by atoms with Gasteiger partial charge in [-0.25, -0.2) is 0 Å². The SMILES string of the molecule is [2H]C([2H])(OS(C)(=O)=O)/C(C)=C/CCCc1ccccc1. The van der Waals surface area contributed by atoms with Crippen molar-refractivity contribution in [2.24, 2.45) is 0 Å². The Bertz CT molecular complexity index is 551. The Morgan fingerprint density at radius 1 is 1.39 bits per heavy atom. The zero-order valence-electron chi connectivity index (χ0n) is 12.7. The maximum atomic E-state index is 11.0. The Labute approximate surface area is 112 Å². The van der Waals surface area contributed by atoms with Crippen LogP contribution in [0.5, 0.6) is 0 Å². The number of rotatable bonds is 7. The van der Waals surface area contributed by atoms with Gasteiger partial charge in [-0.3, -0.25) is 4.18 Å². The van der Waals surface area contributed by atoms with E-state index < -0.39 is 16.7 Å². The van der Waals surface area contributed by atoms with E-state index in [0.29, 0.717) is 6.42 Å². The summed E-state index contributed by atoms with van der Waals surface area (Å²) in [6.07, 6.45) is 4.98. The van der Waals surface area contributed by atoms with Gasteiger partial charge in [-0.2, -0.15) is 8.42 Å². The van der Waals surface area contributed by atoms with Crippen LogP contribution in [0.25, 0.3) is 0 Å². The number of unbranched alkanes of at least 4 members (excludes halogenated alkanes) is 1. The molecule has 1 aromatic rings. The summed E-state index contributed by atoms with van der Waals surface area (Å²) < 4.78 is 41.6. The van der Waals surface area contributed by atoms with Gasteiger partial charge in [0.05, 0.1) is 15.6 Å². The fourth-order valence-electron chi connectivity index (χ4n) is 1.45. The van der Waals surface area contributed by atoms with Crippen LogP contribution < -0.4 is 0 Å². The molecule has 0 aromatic heterocycles. The molecule has 0 saturated heterocycles. The van der Waals surface area contributed by atoms with Crippen LogP contribution >= 0.6 is 0 Å². The molecule has 0 aliphatic heterocycles. The van der Waals surface area contributed by atoms with Gasteiger partial charge in [0.25, 0.3) is 10.1 Å². The van der Waals surface area contributed by atoms with Crippen LogP contribution in [-0.4, -0.2) is 21.2 Å². The molecule has 100 valence electrons. The van der Waals surface area contributed by atoms with Crippen LogP contribution in [0.15, 0.2) is 42.0 Å². The lowest BCUT2D eigenvalue weighted by Gasteiger charge is -2.02. The Kier molecular flexibility index (Phi) is 4.86. The van der Waals surface area contributed by atoms with E-state index in [4.69, 9.17) is 2.74 Å². The highest BCUT2D eigenvalue weighted by Gasteiger charge is 2.01. The number of hydrogen-bond acceptors (Lipinski definition) is 3. The van der Waals surface area contributed by atoms with Crippen LogP contribution in [0.4, 0.5) is 0 Å². The molecule has 0 N–H and O–H groups in total. The summed E-state index contributed by atoms with van der Waals surface area (Å²) in [5.74, 6) is 0. The second-order valence-electron chi connectivity index (χ2n) is 4.15. The first-order valence-corrected chi connectivity index (χ1v) is 7.64. The van der Waals surface area contributed by atoms with Crippen molar-refractivity contribution in [1.29, 1.82) is 0 Å². The normalized spacial score (nSPS) is 15.1. The van der Waals surface area contributed by atoms with Gasteiger partial charge < -0.3 is 0 Å². The third kappa shape index (κ3) is 7.25. The van der Waals surface area contributed by atoms with E-state index in [1.807, 2.05) is 30.3 Å². The fraction of sp³-hybridized carbons (Fsp3) is 0.429. The number of hydrogen-bond donors (Lipinski definition) is 0. The largest absolute Gasteiger partial charge is 0.266 e. The molecule has 0 radical (unpaired) electrons. The number of allylic oxidation sites excluding steroid dienone is 1. The standard InChI is InChI=1S/C14H20O3S/c1-13(12-17-18(2,15)16)8-6-7-11-14-9-4-3-5-10-14/h3-5,8-10H,6-7,11-12H2,1-2H3/b13-8+/i12D2. The molecule has 1 rings (SSSR count). The summed E-state index contributed by atoms with van der Waals surface area (Å²) in [6.45, 7) is -0.742. The molecule has 0 saturated carbocycles. The van der Waals surface area contributed by atoms with Crippen LogP contribution in [0, 0.1) is 0 Å². The predicted octanol–water partition coefficient (Wildman–Crippen LogP) is 2.93. The molecule has 0 amide bonds. The van der Waals surface area contributed by atoms with Gasteiger partial charge in [-0.05, 0) is 31.7 Å². The molecule has 3 nitrogen and oxygen atoms in total. The van der Waals surface area contributed by atoms with E-state index >= 15 is 0 Å². The Balaban J connectivity index is 2.49. The second-order valence-corrected chi connectivity index (χ2v) is 5.73. The van der Waals surface area contributed by atoms with Gasteiger partial charge in [-0.1, -0.05) is 42.0 Å². The highest BCUT2D eigenvalue weighted by atomic mass is 32.2. The third-order valence-electron chi connectivity index (χ3n) is 2.32. The topological polar surface area (TPSA) is 43.4 Å². The Hall–Kier alpha value is -1.13. The van der Waals surface area contributed by atoms with Crippen molar-refractivity contribution >= 4 is 10.1 Å². The summed E-state index contributed by atoms with van der Waals surface area (Å²) >= 11 is 0. The summed E-state index contributed by atoms with van der Waals surface area (Å²) in [4.78, 5) is 0. The van der Waals surface area contributed by atoms with Crippen LogP contribution in [0.3, 0.4) is 0 Å².